The number of anilines is 1. The van der Waals surface area contributed by atoms with Crippen LogP contribution in [0.2, 0.25) is 0 Å². The molecule has 104 valence electrons. The van der Waals surface area contributed by atoms with Gasteiger partial charge in [-0.25, -0.2) is 4.68 Å². The van der Waals surface area contributed by atoms with Crippen molar-refractivity contribution in [1.82, 2.24) is 14.8 Å². The Balaban J connectivity index is 2.00. The summed E-state index contributed by atoms with van der Waals surface area (Å²) in [6, 6.07) is 11.5. The zero-order valence-corrected chi connectivity index (χ0v) is 10.9. The summed E-state index contributed by atoms with van der Waals surface area (Å²) in [4.78, 5) is 14.2. The van der Waals surface area contributed by atoms with Gasteiger partial charge in [-0.3, -0.25) is 15.1 Å². The van der Waals surface area contributed by atoms with Crippen molar-refractivity contribution < 1.29 is 4.92 Å². The molecule has 0 fully saturated rings. The van der Waals surface area contributed by atoms with E-state index in [1.165, 1.54) is 16.8 Å². The molecule has 7 heteroatoms. The van der Waals surface area contributed by atoms with E-state index in [1.807, 2.05) is 12.1 Å². The van der Waals surface area contributed by atoms with Crippen molar-refractivity contribution in [2.75, 3.05) is 5.73 Å². The molecule has 0 saturated heterocycles. The highest BCUT2D eigenvalue weighted by molar-refractivity contribution is 5.62. The largest absolute Gasteiger partial charge is 0.384 e. The lowest BCUT2D eigenvalue weighted by atomic mass is 10.2. The number of aromatic nitrogens is 3. The SMILES string of the molecule is Nc1cc(-c2cccnc2)nn1-c1ccc([N+](=O)[O-])cc1. The predicted molar refractivity (Wildman–Crippen MR) is 77.9 cm³/mol. The van der Waals surface area contributed by atoms with E-state index < -0.39 is 4.92 Å². The Morgan fingerprint density at radius 1 is 1.19 bits per heavy atom. The Labute approximate surface area is 119 Å². The smallest absolute Gasteiger partial charge is 0.269 e. The molecule has 0 aliphatic carbocycles. The number of non-ortho nitro benzene ring substituents is 1. The van der Waals surface area contributed by atoms with Gasteiger partial charge in [-0.15, -0.1) is 0 Å². The fraction of sp³-hybridized carbons (Fsp3) is 0. The highest BCUT2D eigenvalue weighted by Crippen LogP contribution is 2.23. The average molecular weight is 281 g/mol. The Morgan fingerprint density at radius 3 is 2.57 bits per heavy atom. The molecule has 3 aromatic rings. The first-order chi connectivity index (χ1) is 10.1. The van der Waals surface area contributed by atoms with Gasteiger partial charge < -0.3 is 5.73 Å². The van der Waals surface area contributed by atoms with E-state index in [0.29, 0.717) is 17.2 Å². The molecule has 0 radical (unpaired) electrons. The topological polar surface area (TPSA) is 99.9 Å². The number of nitrogens with zero attached hydrogens (tertiary/aromatic N) is 4. The molecule has 0 amide bonds. The Hall–Kier alpha value is -3.22. The minimum absolute atomic E-state index is 0.0250. The molecule has 2 N–H and O–H groups in total. The molecular weight excluding hydrogens is 270 g/mol. The molecule has 3 rings (SSSR count). The molecule has 21 heavy (non-hydrogen) atoms. The number of hydrogen-bond donors (Lipinski definition) is 1. The normalized spacial score (nSPS) is 10.5. The lowest BCUT2D eigenvalue weighted by Crippen LogP contribution is -2.01. The van der Waals surface area contributed by atoms with Crippen molar-refractivity contribution in [3.63, 3.8) is 0 Å². The molecule has 1 aromatic carbocycles. The van der Waals surface area contributed by atoms with Crippen molar-refractivity contribution >= 4 is 11.5 Å². The van der Waals surface area contributed by atoms with Crippen LogP contribution in [-0.2, 0) is 0 Å². The first kappa shape index (κ1) is 12.8. The number of nitro benzene ring substituents is 1. The van der Waals surface area contributed by atoms with Crippen LogP contribution in [0.4, 0.5) is 11.5 Å². The molecule has 0 atom stereocenters. The van der Waals surface area contributed by atoms with Crippen LogP contribution < -0.4 is 5.73 Å². The maximum Gasteiger partial charge on any atom is 0.269 e. The zero-order valence-electron chi connectivity index (χ0n) is 10.9. The first-order valence-electron chi connectivity index (χ1n) is 6.16. The number of pyridine rings is 1. The van der Waals surface area contributed by atoms with E-state index >= 15 is 0 Å². The molecule has 0 bridgehead atoms. The number of nitrogen functional groups attached to an aromatic ring is 1. The van der Waals surface area contributed by atoms with E-state index in [2.05, 4.69) is 10.1 Å². The molecule has 0 unspecified atom stereocenters. The van der Waals surface area contributed by atoms with Crippen LogP contribution in [0.5, 0.6) is 0 Å². The molecule has 0 aliphatic heterocycles. The van der Waals surface area contributed by atoms with Gasteiger partial charge in [0, 0.05) is 36.2 Å². The van der Waals surface area contributed by atoms with Crippen LogP contribution in [0, 0.1) is 10.1 Å². The Bertz CT molecular complexity index is 781. The van der Waals surface area contributed by atoms with E-state index in [-0.39, 0.29) is 5.69 Å². The van der Waals surface area contributed by atoms with Gasteiger partial charge in [-0.05, 0) is 24.3 Å². The minimum Gasteiger partial charge on any atom is -0.384 e. The third kappa shape index (κ3) is 2.44. The minimum atomic E-state index is -0.447. The maximum atomic E-state index is 10.7. The van der Waals surface area contributed by atoms with Crippen LogP contribution in [0.3, 0.4) is 0 Å². The quantitative estimate of drug-likeness (QED) is 0.587. The summed E-state index contributed by atoms with van der Waals surface area (Å²) in [6.45, 7) is 0. The lowest BCUT2D eigenvalue weighted by Gasteiger charge is -2.03. The number of benzene rings is 1. The summed E-state index contributed by atoms with van der Waals surface area (Å²) in [5.41, 5.74) is 8.19. The first-order valence-corrected chi connectivity index (χ1v) is 6.16. The summed E-state index contributed by atoms with van der Waals surface area (Å²) in [5, 5.41) is 15.1. The number of rotatable bonds is 3. The zero-order chi connectivity index (χ0) is 14.8. The van der Waals surface area contributed by atoms with Crippen molar-refractivity contribution in [2.45, 2.75) is 0 Å². The number of hydrogen-bond acceptors (Lipinski definition) is 5. The molecule has 7 nitrogen and oxygen atoms in total. The van der Waals surface area contributed by atoms with Crippen molar-refractivity contribution in [3.05, 3.63) is 65.0 Å². The number of nitro groups is 1. The summed E-state index contributed by atoms with van der Waals surface area (Å²) in [7, 11) is 0. The van der Waals surface area contributed by atoms with E-state index in [0.717, 1.165) is 5.56 Å². The second-order valence-corrected chi connectivity index (χ2v) is 4.38. The summed E-state index contributed by atoms with van der Waals surface area (Å²) >= 11 is 0. The third-order valence-corrected chi connectivity index (χ3v) is 3.00. The molecule has 0 spiro atoms. The summed E-state index contributed by atoms with van der Waals surface area (Å²) < 4.78 is 1.53. The fourth-order valence-corrected chi connectivity index (χ4v) is 1.97. The highest BCUT2D eigenvalue weighted by atomic mass is 16.6. The molecular formula is C14H11N5O2. The van der Waals surface area contributed by atoms with Gasteiger partial charge in [0.2, 0.25) is 0 Å². The second kappa shape index (κ2) is 5.04. The van der Waals surface area contributed by atoms with Crippen LogP contribution >= 0.6 is 0 Å². The third-order valence-electron chi connectivity index (χ3n) is 3.00. The average Bonchev–Trinajstić information content (AvgIpc) is 2.90. The molecule has 2 aromatic heterocycles. The van der Waals surface area contributed by atoms with Crippen LogP contribution in [-0.4, -0.2) is 19.7 Å². The van der Waals surface area contributed by atoms with E-state index in [9.17, 15) is 10.1 Å². The van der Waals surface area contributed by atoms with Crippen molar-refractivity contribution in [2.24, 2.45) is 0 Å². The van der Waals surface area contributed by atoms with E-state index in [1.54, 1.807) is 30.6 Å². The highest BCUT2D eigenvalue weighted by Gasteiger charge is 2.10. The molecule has 0 saturated carbocycles. The van der Waals surface area contributed by atoms with Crippen LogP contribution in [0.15, 0.2) is 54.9 Å². The standard InChI is InChI=1S/C14H11N5O2/c15-14-8-13(10-2-1-7-16-9-10)17-18(14)11-3-5-12(6-4-11)19(20)21/h1-9H,15H2. The van der Waals surface area contributed by atoms with E-state index in [4.69, 9.17) is 5.73 Å². The van der Waals surface area contributed by atoms with Gasteiger partial charge in [-0.1, -0.05) is 0 Å². The van der Waals surface area contributed by atoms with Gasteiger partial charge in [0.05, 0.1) is 16.3 Å². The Kier molecular flexibility index (Phi) is 3.07. The predicted octanol–water partition coefficient (Wildman–Crippen LogP) is 2.42. The lowest BCUT2D eigenvalue weighted by molar-refractivity contribution is -0.384. The summed E-state index contributed by atoms with van der Waals surface area (Å²) in [5.74, 6) is 0.447. The van der Waals surface area contributed by atoms with Gasteiger partial charge in [0.25, 0.3) is 5.69 Å². The van der Waals surface area contributed by atoms with Crippen LogP contribution in [0.25, 0.3) is 16.9 Å². The Morgan fingerprint density at radius 2 is 1.95 bits per heavy atom. The monoisotopic (exact) mass is 281 g/mol. The summed E-state index contributed by atoms with van der Waals surface area (Å²) in [6.07, 6.45) is 3.38. The van der Waals surface area contributed by atoms with Crippen molar-refractivity contribution in [3.8, 4) is 16.9 Å². The fourth-order valence-electron chi connectivity index (χ4n) is 1.97. The molecule has 0 aliphatic rings. The maximum absolute atomic E-state index is 10.7. The van der Waals surface area contributed by atoms with Gasteiger partial charge >= 0.3 is 0 Å². The van der Waals surface area contributed by atoms with Gasteiger partial charge in [-0.2, -0.15) is 5.10 Å². The van der Waals surface area contributed by atoms with Crippen LogP contribution in [0.1, 0.15) is 0 Å². The second-order valence-electron chi connectivity index (χ2n) is 4.38. The van der Waals surface area contributed by atoms with Gasteiger partial charge in [0.15, 0.2) is 0 Å². The number of nitrogens with two attached hydrogens (primary N) is 1. The van der Waals surface area contributed by atoms with Gasteiger partial charge in [0.1, 0.15) is 5.82 Å². The molecule has 2 heterocycles. The van der Waals surface area contributed by atoms with Crippen molar-refractivity contribution in [1.29, 1.82) is 0 Å².